The van der Waals surface area contributed by atoms with Gasteiger partial charge in [-0.25, -0.2) is 8.42 Å². The van der Waals surface area contributed by atoms with E-state index in [0.717, 1.165) is 40.0 Å². The van der Waals surface area contributed by atoms with Crippen molar-refractivity contribution in [3.05, 3.63) is 26.2 Å². The second-order valence-corrected chi connectivity index (χ2v) is 10.7. The summed E-state index contributed by atoms with van der Waals surface area (Å²) in [6.07, 6.45) is 4.59. The van der Waals surface area contributed by atoms with E-state index in [9.17, 15) is 18.0 Å². The van der Waals surface area contributed by atoms with Crippen molar-refractivity contribution >= 4 is 55.2 Å². The zero-order valence-corrected chi connectivity index (χ0v) is 18.0. The number of thiophene rings is 1. The smallest absolute Gasteiger partial charge is 0.242 e. The molecule has 2 saturated heterocycles. The highest BCUT2D eigenvalue weighted by Crippen LogP contribution is 2.23. The van der Waals surface area contributed by atoms with Crippen molar-refractivity contribution in [2.75, 3.05) is 26.2 Å². The van der Waals surface area contributed by atoms with E-state index < -0.39 is 16.1 Å². The van der Waals surface area contributed by atoms with Crippen LogP contribution in [0.4, 0.5) is 0 Å². The molecule has 2 fully saturated rings. The maximum absolute atomic E-state index is 12.6. The van der Waals surface area contributed by atoms with Gasteiger partial charge in [0.05, 0.1) is 10.3 Å². The molecule has 0 bridgehead atoms. The van der Waals surface area contributed by atoms with Crippen molar-refractivity contribution in [3.8, 4) is 0 Å². The highest BCUT2D eigenvalue weighted by molar-refractivity contribution is 9.11. The predicted molar refractivity (Wildman–Crippen MR) is 109 cm³/mol. The van der Waals surface area contributed by atoms with Gasteiger partial charge in [0.1, 0.15) is 6.04 Å². The number of nitrogens with one attached hydrogen (secondary N) is 1. The van der Waals surface area contributed by atoms with Gasteiger partial charge in [-0.15, -0.1) is 11.3 Å². The third-order valence-electron chi connectivity index (χ3n) is 4.63. The lowest BCUT2D eigenvalue weighted by Crippen LogP contribution is -2.54. The van der Waals surface area contributed by atoms with Gasteiger partial charge in [-0.2, -0.15) is 4.72 Å². The van der Waals surface area contributed by atoms with Gasteiger partial charge in [0, 0.05) is 29.9 Å². The summed E-state index contributed by atoms with van der Waals surface area (Å²) in [5, 5.41) is 1.08. The number of piperidine rings is 1. The molecular formula is C17H22BrN3O4S2. The number of hydrogen-bond acceptors (Lipinski definition) is 5. The molecule has 27 heavy (non-hydrogen) atoms. The Kier molecular flexibility index (Phi) is 6.72. The lowest BCUT2D eigenvalue weighted by Gasteiger charge is -2.32. The fourth-order valence-electron chi connectivity index (χ4n) is 3.25. The molecule has 3 heterocycles. The Bertz CT molecular complexity index is 831. The highest BCUT2D eigenvalue weighted by Gasteiger charge is 2.33. The van der Waals surface area contributed by atoms with Gasteiger partial charge in [0.15, 0.2) is 0 Å². The third kappa shape index (κ3) is 5.63. The molecule has 1 aromatic heterocycles. The molecule has 3 rings (SSSR count). The molecule has 0 spiro atoms. The minimum atomic E-state index is -3.75. The van der Waals surface area contributed by atoms with E-state index in [1.165, 1.54) is 22.3 Å². The van der Waals surface area contributed by atoms with Crippen LogP contribution in [0.1, 0.15) is 30.6 Å². The Morgan fingerprint density at radius 3 is 2.67 bits per heavy atom. The zero-order chi connectivity index (χ0) is 19.4. The summed E-state index contributed by atoms with van der Waals surface area (Å²) >= 11 is 4.74. The average Bonchev–Trinajstić information content (AvgIpc) is 3.28. The molecule has 1 aromatic rings. The summed E-state index contributed by atoms with van der Waals surface area (Å²) in [6.45, 7) is 1.98. The molecule has 1 N–H and O–H groups in total. The van der Waals surface area contributed by atoms with E-state index in [1.807, 2.05) is 6.07 Å². The number of rotatable bonds is 6. The number of hydrogen-bond donors (Lipinski definition) is 1. The molecule has 0 radical (unpaired) electrons. The van der Waals surface area contributed by atoms with Crippen molar-refractivity contribution < 1.29 is 18.0 Å². The number of sulfonamides is 1. The predicted octanol–water partition coefficient (Wildman–Crippen LogP) is 2.01. The molecular weight excluding hydrogens is 454 g/mol. The maximum Gasteiger partial charge on any atom is 0.242 e. The lowest BCUT2D eigenvalue weighted by atomic mass is 10.1. The van der Waals surface area contributed by atoms with Gasteiger partial charge in [0.25, 0.3) is 0 Å². The summed E-state index contributed by atoms with van der Waals surface area (Å²) < 4.78 is 28.0. The van der Waals surface area contributed by atoms with E-state index in [-0.39, 0.29) is 18.4 Å². The highest BCUT2D eigenvalue weighted by atomic mass is 79.9. The topological polar surface area (TPSA) is 86.8 Å². The van der Waals surface area contributed by atoms with Gasteiger partial charge >= 0.3 is 0 Å². The van der Waals surface area contributed by atoms with Crippen LogP contribution in [0.3, 0.4) is 0 Å². The molecule has 1 atom stereocenters. The van der Waals surface area contributed by atoms with E-state index in [0.29, 0.717) is 19.4 Å². The molecule has 10 heteroatoms. The van der Waals surface area contributed by atoms with Crippen LogP contribution in [-0.4, -0.2) is 62.3 Å². The van der Waals surface area contributed by atoms with Crippen molar-refractivity contribution in [3.63, 3.8) is 0 Å². The van der Waals surface area contributed by atoms with Crippen LogP contribution in [0.5, 0.6) is 0 Å². The zero-order valence-electron chi connectivity index (χ0n) is 14.8. The molecule has 0 aromatic carbocycles. The van der Waals surface area contributed by atoms with Crippen LogP contribution in [0, 0.1) is 0 Å². The van der Waals surface area contributed by atoms with Gasteiger partial charge in [0.2, 0.25) is 21.8 Å². The van der Waals surface area contributed by atoms with Crippen LogP contribution < -0.4 is 4.72 Å². The van der Waals surface area contributed by atoms with Crippen LogP contribution in [0.2, 0.25) is 0 Å². The second kappa shape index (κ2) is 8.85. The number of likely N-dealkylation sites (tertiary alicyclic amines) is 2. The second-order valence-electron chi connectivity index (χ2n) is 6.65. The number of amides is 2. The number of nitrogens with zero attached hydrogens (tertiary/aromatic N) is 2. The first-order chi connectivity index (χ1) is 12.8. The standard InChI is InChI=1S/C17H22BrN3O4S2/c18-15-6-5-13(26-15)7-11-27(24,25)19-14-4-3-10-21(17(14)23)12-16(22)20-8-1-2-9-20/h5-7,11,14,19H,1-4,8-10,12H2/t14-/m0/s1. The summed E-state index contributed by atoms with van der Waals surface area (Å²) in [4.78, 5) is 29.0. The van der Waals surface area contributed by atoms with E-state index in [1.54, 1.807) is 11.0 Å². The molecule has 2 aliphatic heterocycles. The van der Waals surface area contributed by atoms with E-state index >= 15 is 0 Å². The Morgan fingerprint density at radius 2 is 2.00 bits per heavy atom. The maximum atomic E-state index is 12.6. The number of carbonyl (C=O) groups is 2. The Labute approximate surface area is 171 Å². The number of carbonyl (C=O) groups excluding carboxylic acids is 2. The summed E-state index contributed by atoms with van der Waals surface area (Å²) in [6, 6.07) is 2.82. The lowest BCUT2D eigenvalue weighted by molar-refractivity contribution is -0.142. The average molecular weight is 476 g/mol. The first kappa shape index (κ1) is 20.5. The van der Waals surface area contributed by atoms with Gasteiger partial charge in [-0.05, 0) is 59.8 Å². The molecule has 2 aliphatic rings. The van der Waals surface area contributed by atoms with Crippen LogP contribution in [-0.2, 0) is 19.6 Å². The van der Waals surface area contributed by atoms with Crippen LogP contribution in [0.25, 0.3) is 6.08 Å². The first-order valence-corrected chi connectivity index (χ1v) is 12.0. The summed E-state index contributed by atoms with van der Waals surface area (Å²) in [7, 11) is -3.75. The molecule has 0 aliphatic carbocycles. The van der Waals surface area contributed by atoms with Crippen molar-refractivity contribution in [2.45, 2.75) is 31.7 Å². The quantitative estimate of drug-likeness (QED) is 0.681. The largest absolute Gasteiger partial charge is 0.341 e. The fourth-order valence-corrected chi connectivity index (χ4v) is 5.68. The van der Waals surface area contributed by atoms with Crippen LogP contribution in [0.15, 0.2) is 21.3 Å². The van der Waals surface area contributed by atoms with Gasteiger partial charge in [-0.1, -0.05) is 0 Å². The summed E-state index contributed by atoms with van der Waals surface area (Å²) in [5.41, 5.74) is 0. The van der Waals surface area contributed by atoms with E-state index in [4.69, 9.17) is 0 Å². The third-order valence-corrected chi connectivity index (χ3v) is 7.32. The van der Waals surface area contributed by atoms with Crippen molar-refractivity contribution in [2.24, 2.45) is 0 Å². The Balaban J connectivity index is 1.59. The monoisotopic (exact) mass is 475 g/mol. The molecule has 0 unspecified atom stereocenters. The van der Waals surface area contributed by atoms with E-state index in [2.05, 4.69) is 20.7 Å². The van der Waals surface area contributed by atoms with Crippen LogP contribution >= 0.6 is 27.3 Å². The van der Waals surface area contributed by atoms with Crippen molar-refractivity contribution in [1.29, 1.82) is 0 Å². The van der Waals surface area contributed by atoms with Gasteiger partial charge in [-0.3, -0.25) is 9.59 Å². The molecule has 7 nitrogen and oxygen atoms in total. The first-order valence-electron chi connectivity index (χ1n) is 8.86. The SMILES string of the molecule is O=C(CN1CCC[C@H](NS(=O)(=O)C=Cc2ccc(Br)s2)C1=O)N1CCCC1. The van der Waals surface area contributed by atoms with Gasteiger partial charge < -0.3 is 9.80 Å². The normalized spacial score (nSPS) is 21.4. The summed E-state index contributed by atoms with van der Waals surface area (Å²) in [5.74, 6) is -0.392. The minimum Gasteiger partial charge on any atom is -0.341 e. The number of halogens is 1. The minimum absolute atomic E-state index is 0.0239. The Hall–Kier alpha value is -1.23. The fraction of sp³-hybridized carbons (Fsp3) is 0.529. The molecule has 2 amide bonds. The Morgan fingerprint density at radius 1 is 1.26 bits per heavy atom. The van der Waals surface area contributed by atoms with Crippen molar-refractivity contribution in [1.82, 2.24) is 14.5 Å². The molecule has 148 valence electrons. The molecule has 0 saturated carbocycles.